The molecule has 1 atom stereocenters. The number of benzene rings is 1. The van der Waals surface area contributed by atoms with Gasteiger partial charge in [-0.05, 0) is 24.1 Å². The van der Waals surface area contributed by atoms with Gasteiger partial charge >= 0.3 is 0 Å². The topological polar surface area (TPSA) is 81.1 Å². The Kier molecular flexibility index (Phi) is 4.41. The zero-order valence-corrected chi connectivity index (χ0v) is 13.8. The summed E-state index contributed by atoms with van der Waals surface area (Å²) in [6.45, 7) is 0.565. The van der Waals surface area contributed by atoms with Crippen LogP contribution in [0.3, 0.4) is 0 Å². The normalized spacial score (nSPS) is 19.6. The summed E-state index contributed by atoms with van der Waals surface area (Å²) in [5.74, 6) is -0.0824. The molecule has 1 fully saturated rings. The van der Waals surface area contributed by atoms with Gasteiger partial charge in [0.15, 0.2) is 9.84 Å². The molecule has 3 rings (SSSR count). The number of rotatable bonds is 4. The number of aromatic nitrogens is 2. The van der Waals surface area contributed by atoms with Crippen molar-refractivity contribution in [3.63, 3.8) is 0 Å². The molecule has 1 aliphatic rings. The summed E-state index contributed by atoms with van der Waals surface area (Å²) >= 11 is 5.82. The van der Waals surface area contributed by atoms with Crippen LogP contribution in [0.15, 0.2) is 36.7 Å². The lowest BCUT2D eigenvalue weighted by Gasteiger charge is -2.11. The molecular weight excluding hydrogens is 338 g/mol. The third-order valence-electron chi connectivity index (χ3n) is 3.73. The molecule has 6 nitrogen and oxygen atoms in total. The van der Waals surface area contributed by atoms with Crippen LogP contribution in [0.25, 0.3) is 0 Å². The Hall–Kier alpha value is -1.86. The maximum absolute atomic E-state index is 12.1. The lowest BCUT2D eigenvalue weighted by atomic mass is 10.1. The van der Waals surface area contributed by atoms with Crippen LogP contribution in [0.5, 0.6) is 0 Å². The van der Waals surface area contributed by atoms with Gasteiger partial charge in [-0.1, -0.05) is 23.7 Å². The highest BCUT2D eigenvalue weighted by Gasteiger charge is 2.29. The van der Waals surface area contributed by atoms with Gasteiger partial charge in [-0.25, -0.2) is 8.42 Å². The summed E-state index contributed by atoms with van der Waals surface area (Å²) in [4.78, 5) is 12.1. The Labute approximate surface area is 139 Å². The maximum atomic E-state index is 12.1. The first-order valence-electron chi connectivity index (χ1n) is 7.19. The second-order valence-electron chi connectivity index (χ2n) is 5.63. The van der Waals surface area contributed by atoms with E-state index in [0.717, 1.165) is 5.56 Å². The fourth-order valence-corrected chi connectivity index (χ4v) is 4.38. The fraction of sp³-hybridized carbons (Fsp3) is 0.333. The van der Waals surface area contributed by atoms with E-state index in [4.69, 9.17) is 11.6 Å². The van der Waals surface area contributed by atoms with Crippen molar-refractivity contribution in [2.24, 2.45) is 0 Å². The smallest absolute Gasteiger partial charge is 0.251 e. The Bertz CT molecular complexity index is 815. The van der Waals surface area contributed by atoms with Crippen molar-refractivity contribution in [2.75, 3.05) is 11.5 Å². The molecule has 0 bridgehead atoms. The Balaban J connectivity index is 1.61. The molecule has 1 amide bonds. The highest BCUT2D eigenvalue weighted by molar-refractivity contribution is 7.91. The summed E-state index contributed by atoms with van der Waals surface area (Å²) in [6, 6.07) is 6.84. The van der Waals surface area contributed by atoms with Crippen molar-refractivity contribution in [1.29, 1.82) is 0 Å². The van der Waals surface area contributed by atoms with Crippen molar-refractivity contribution < 1.29 is 13.2 Å². The second-order valence-corrected chi connectivity index (χ2v) is 8.29. The minimum atomic E-state index is -3.00. The van der Waals surface area contributed by atoms with Gasteiger partial charge in [0.1, 0.15) is 0 Å². The van der Waals surface area contributed by atoms with E-state index < -0.39 is 9.84 Å². The minimum absolute atomic E-state index is 0.0247. The van der Waals surface area contributed by atoms with Crippen molar-refractivity contribution >= 4 is 27.3 Å². The van der Waals surface area contributed by atoms with Crippen LogP contribution in [0.1, 0.15) is 22.3 Å². The average Bonchev–Trinajstić information content (AvgIpc) is 3.05. The molecule has 2 heterocycles. The molecule has 1 N–H and O–H groups in total. The van der Waals surface area contributed by atoms with Crippen LogP contribution in [0.2, 0.25) is 5.02 Å². The number of nitrogens with zero attached hydrogens (tertiary/aromatic N) is 2. The summed E-state index contributed by atoms with van der Waals surface area (Å²) in [7, 11) is -3.00. The number of hydrogen-bond acceptors (Lipinski definition) is 4. The first kappa shape index (κ1) is 16.0. The molecule has 122 valence electrons. The second kappa shape index (κ2) is 6.33. The SMILES string of the molecule is O=C(NC1CCS(=O)(=O)C1)c1ccc(Cn2cc(Cl)cn2)cc1. The van der Waals surface area contributed by atoms with Crippen LogP contribution in [-0.4, -0.2) is 41.7 Å². The van der Waals surface area contributed by atoms with Crippen molar-refractivity contribution in [3.05, 3.63) is 52.8 Å². The monoisotopic (exact) mass is 353 g/mol. The van der Waals surface area contributed by atoms with Crippen LogP contribution in [0, 0.1) is 0 Å². The molecule has 0 saturated carbocycles. The van der Waals surface area contributed by atoms with Gasteiger partial charge in [-0.2, -0.15) is 5.10 Å². The van der Waals surface area contributed by atoms with Gasteiger partial charge in [-0.3, -0.25) is 9.48 Å². The Morgan fingerprint density at radius 1 is 1.35 bits per heavy atom. The standard InChI is InChI=1S/C15H16ClN3O3S/c16-13-7-17-19(9-13)8-11-1-3-12(4-2-11)15(20)18-14-5-6-23(21,22)10-14/h1-4,7,9,14H,5-6,8,10H2,(H,18,20). The summed E-state index contributed by atoms with van der Waals surface area (Å²) in [5, 5.41) is 7.45. The number of halogens is 1. The van der Waals surface area contributed by atoms with Gasteiger partial charge in [-0.15, -0.1) is 0 Å². The highest BCUT2D eigenvalue weighted by Crippen LogP contribution is 2.13. The number of carbonyl (C=O) groups is 1. The van der Waals surface area contributed by atoms with Crippen LogP contribution in [0.4, 0.5) is 0 Å². The molecule has 8 heteroatoms. The Morgan fingerprint density at radius 3 is 2.65 bits per heavy atom. The quantitative estimate of drug-likeness (QED) is 0.903. The van der Waals surface area contributed by atoms with Gasteiger partial charge in [0.05, 0.1) is 29.3 Å². The first-order valence-corrected chi connectivity index (χ1v) is 9.39. The average molecular weight is 354 g/mol. The van der Waals surface area contributed by atoms with Gasteiger partial charge in [0, 0.05) is 17.8 Å². The van der Waals surface area contributed by atoms with E-state index >= 15 is 0 Å². The molecule has 1 aliphatic heterocycles. The zero-order valence-electron chi connectivity index (χ0n) is 12.3. The molecule has 0 radical (unpaired) electrons. The molecular formula is C15H16ClN3O3S. The van der Waals surface area contributed by atoms with E-state index in [1.807, 2.05) is 12.1 Å². The van der Waals surface area contributed by atoms with Crippen LogP contribution < -0.4 is 5.32 Å². The predicted octanol–water partition coefficient (Wildman–Crippen LogP) is 1.50. The van der Waals surface area contributed by atoms with Crippen molar-refractivity contribution in [1.82, 2.24) is 15.1 Å². The van der Waals surface area contributed by atoms with Crippen molar-refractivity contribution in [3.8, 4) is 0 Å². The first-order chi connectivity index (χ1) is 10.9. The van der Waals surface area contributed by atoms with E-state index in [0.29, 0.717) is 23.6 Å². The van der Waals surface area contributed by atoms with Gasteiger partial charge < -0.3 is 5.32 Å². The van der Waals surface area contributed by atoms with Crippen LogP contribution in [-0.2, 0) is 16.4 Å². The summed E-state index contributed by atoms with van der Waals surface area (Å²) < 4.78 is 24.5. The minimum Gasteiger partial charge on any atom is -0.348 e. The molecule has 1 saturated heterocycles. The summed E-state index contributed by atoms with van der Waals surface area (Å²) in [6.07, 6.45) is 3.77. The largest absolute Gasteiger partial charge is 0.348 e. The number of amides is 1. The number of sulfone groups is 1. The Morgan fingerprint density at radius 2 is 2.09 bits per heavy atom. The molecule has 0 spiro atoms. The number of hydrogen-bond donors (Lipinski definition) is 1. The van der Waals surface area contributed by atoms with E-state index in [1.54, 1.807) is 29.2 Å². The molecule has 1 aromatic heterocycles. The third kappa shape index (κ3) is 4.11. The van der Waals surface area contributed by atoms with Crippen molar-refractivity contribution in [2.45, 2.75) is 19.0 Å². The molecule has 1 aromatic carbocycles. The zero-order chi connectivity index (χ0) is 16.4. The highest BCUT2D eigenvalue weighted by atomic mass is 35.5. The number of carbonyl (C=O) groups excluding carboxylic acids is 1. The molecule has 23 heavy (non-hydrogen) atoms. The van der Waals surface area contributed by atoms with Gasteiger partial charge in [0.2, 0.25) is 0 Å². The molecule has 2 aromatic rings. The van der Waals surface area contributed by atoms with Gasteiger partial charge in [0.25, 0.3) is 5.91 Å². The van der Waals surface area contributed by atoms with Crippen LogP contribution >= 0.6 is 11.6 Å². The van der Waals surface area contributed by atoms with E-state index in [1.165, 1.54) is 0 Å². The van der Waals surface area contributed by atoms with E-state index in [-0.39, 0.29) is 23.5 Å². The van der Waals surface area contributed by atoms with E-state index in [2.05, 4.69) is 10.4 Å². The predicted molar refractivity (Wildman–Crippen MR) is 87.3 cm³/mol. The number of nitrogens with one attached hydrogen (secondary N) is 1. The fourth-order valence-electron chi connectivity index (χ4n) is 2.55. The molecule has 1 unspecified atom stereocenters. The van der Waals surface area contributed by atoms with E-state index in [9.17, 15) is 13.2 Å². The lowest BCUT2D eigenvalue weighted by Crippen LogP contribution is -2.35. The molecule has 0 aliphatic carbocycles. The maximum Gasteiger partial charge on any atom is 0.251 e. The lowest BCUT2D eigenvalue weighted by molar-refractivity contribution is 0.0941. The third-order valence-corrected chi connectivity index (χ3v) is 5.69. The summed E-state index contributed by atoms with van der Waals surface area (Å²) in [5.41, 5.74) is 1.50.